The Kier molecular flexibility index (Phi) is 4.34. The largest absolute Gasteiger partial charge is 0.337 e. The summed E-state index contributed by atoms with van der Waals surface area (Å²) in [6, 6.07) is 12.3. The molecule has 5 nitrogen and oxygen atoms in total. The molecule has 1 aromatic carbocycles. The molecule has 2 aromatic rings. The van der Waals surface area contributed by atoms with Gasteiger partial charge in [0.1, 0.15) is 0 Å². The maximum atomic E-state index is 12.7. The first-order chi connectivity index (χ1) is 11.8. The topological polar surface area (TPSA) is 50.2 Å². The highest BCUT2D eigenvalue weighted by Gasteiger charge is 2.27. The number of nitrogens with one attached hydrogen (secondary N) is 1. The van der Waals surface area contributed by atoms with Gasteiger partial charge >= 0.3 is 0 Å². The molecule has 1 saturated carbocycles. The van der Waals surface area contributed by atoms with Crippen LogP contribution < -0.4 is 5.32 Å². The van der Waals surface area contributed by atoms with Crippen LogP contribution >= 0.6 is 0 Å². The third kappa shape index (κ3) is 3.51. The number of hydrogen-bond acceptors (Lipinski definition) is 3. The third-order valence-electron chi connectivity index (χ3n) is 5.00. The van der Waals surface area contributed by atoms with Gasteiger partial charge in [0.2, 0.25) is 0 Å². The number of rotatable bonds is 5. The molecule has 1 aliphatic carbocycles. The van der Waals surface area contributed by atoms with Gasteiger partial charge in [-0.15, -0.1) is 0 Å². The van der Waals surface area contributed by atoms with Gasteiger partial charge in [-0.3, -0.25) is 4.79 Å². The Morgan fingerprint density at radius 3 is 2.54 bits per heavy atom. The van der Waals surface area contributed by atoms with Crippen LogP contribution in [0.5, 0.6) is 0 Å². The van der Waals surface area contributed by atoms with Crippen LogP contribution in [0.1, 0.15) is 36.2 Å². The average molecular weight is 324 g/mol. The standard InChI is InChI=1S/C19H24N4O/c24-19(18-10-13-23(21-18)17-4-2-1-3-5-17)22-11-8-16(9-12-22)20-14-15-6-7-15/h1-5,10,13,15-16,20H,6-9,11-12,14H2. The average Bonchev–Trinajstić information content (AvgIpc) is 3.34. The summed E-state index contributed by atoms with van der Waals surface area (Å²) < 4.78 is 1.76. The number of piperidine rings is 1. The summed E-state index contributed by atoms with van der Waals surface area (Å²) in [6.07, 6.45) is 6.70. The van der Waals surface area contributed by atoms with Crippen molar-refractivity contribution >= 4 is 5.91 Å². The highest BCUT2D eigenvalue weighted by atomic mass is 16.2. The highest BCUT2D eigenvalue weighted by Crippen LogP contribution is 2.28. The van der Waals surface area contributed by atoms with Crippen molar-refractivity contribution in [3.8, 4) is 5.69 Å². The van der Waals surface area contributed by atoms with E-state index < -0.39 is 0 Å². The number of para-hydroxylation sites is 1. The van der Waals surface area contributed by atoms with Crippen LogP contribution in [0.15, 0.2) is 42.6 Å². The zero-order valence-corrected chi connectivity index (χ0v) is 13.9. The quantitative estimate of drug-likeness (QED) is 0.919. The van der Waals surface area contributed by atoms with Gasteiger partial charge in [-0.1, -0.05) is 18.2 Å². The van der Waals surface area contributed by atoms with Crippen molar-refractivity contribution in [1.29, 1.82) is 0 Å². The molecule has 1 N–H and O–H groups in total. The maximum absolute atomic E-state index is 12.7. The minimum absolute atomic E-state index is 0.0466. The maximum Gasteiger partial charge on any atom is 0.274 e. The number of carbonyl (C=O) groups is 1. The van der Waals surface area contributed by atoms with Crippen LogP contribution in [-0.4, -0.2) is 46.3 Å². The Morgan fingerprint density at radius 1 is 1.08 bits per heavy atom. The van der Waals surface area contributed by atoms with Crippen LogP contribution in [0.4, 0.5) is 0 Å². The van der Waals surface area contributed by atoms with Gasteiger partial charge in [-0.2, -0.15) is 5.10 Å². The molecule has 2 fully saturated rings. The summed E-state index contributed by atoms with van der Waals surface area (Å²) in [7, 11) is 0. The van der Waals surface area contributed by atoms with E-state index in [2.05, 4.69) is 10.4 Å². The van der Waals surface area contributed by atoms with Gasteiger partial charge in [-0.25, -0.2) is 4.68 Å². The van der Waals surface area contributed by atoms with Crippen molar-refractivity contribution in [2.75, 3.05) is 19.6 Å². The molecular formula is C19H24N4O. The predicted molar refractivity (Wildman–Crippen MR) is 93.2 cm³/mol. The van der Waals surface area contributed by atoms with E-state index in [9.17, 15) is 4.79 Å². The molecule has 126 valence electrons. The Balaban J connectivity index is 1.34. The van der Waals surface area contributed by atoms with Gasteiger partial charge in [0.25, 0.3) is 5.91 Å². The molecule has 0 bridgehead atoms. The van der Waals surface area contributed by atoms with Gasteiger partial charge in [0.15, 0.2) is 5.69 Å². The van der Waals surface area contributed by atoms with E-state index in [1.54, 1.807) is 4.68 Å². The lowest BCUT2D eigenvalue weighted by Gasteiger charge is -2.32. The fourth-order valence-electron chi connectivity index (χ4n) is 3.27. The van der Waals surface area contributed by atoms with Crippen molar-refractivity contribution in [2.45, 2.75) is 31.7 Å². The van der Waals surface area contributed by atoms with Crippen LogP contribution in [0.2, 0.25) is 0 Å². The van der Waals surface area contributed by atoms with Gasteiger partial charge < -0.3 is 10.2 Å². The second kappa shape index (κ2) is 6.77. The lowest BCUT2D eigenvalue weighted by Crippen LogP contribution is -2.45. The van der Waals surface area contributed by atoms with E-state index in [-0.39, 0.29) is 5.91 Å². The first kappa shape index (κ1) is 15.4. The van der Waals surface area contributed by atoms with Crippen LogP contribution in [0.3, 0.4) is 0 Å². The number of amides is 1. The molecule has 1 saturated heterocycles. The summed E-state index contributed by atoms with van der Waals surface area (Å²) >= 11 is 0. The van der Waals surface area contributed by atoms with Gasteiger partial charge in [0, 0.05) is 25.3 Å². The molecule has 2 heterocycles. The molecule has 5 heteroatoms. The first-order valence-electron chi connectivity index (χ1n) is 8.93. The number of likely N-dealkylation sites (tertiary alicyclic amines) is 1. The Hall–Kier alpha value is -2.14. The predicted octanol–water partition coefficient (Wildman–Crippen LogP) is 2.48. The fraction of sp³-hybridized carbons (Fsp3) is 0.474. The van der Waals surface area contributed by atoms with Crippen LogP contribution in [0, 0.1) is 5.92 Å². The summed E-state index contributed by atoms with van der Waals surface area (Å²) in [5.74, 6) is 0.955. The molecule has 2 aliphatic rings. The summed E-state index contributed by atoms with van der Waals surface area (Å²) in [4.78, 5) is 14.6. The lowest BCUT2D eigenvalue weighted by molar-refractivity contribution is 0.0698. The zero-order valence-electron chi connectivity index (χ0n) is 13.9. The van der Waals surface area contributed by atoms with Gasteiger partial charge in [-0.05, 0) is 56.3 Å². The molecule has 24 heavy (non-hydrogen) atoms. The van der Waals surface area contributed by atoms with E-state index in [0.717, 1.165) is 44.1 Å². The minimum Gasteiger partial charge on any atom is -0.337 e. The molecule has 0 unspecified atom stereocenters. The first-order valence-corrected chi connectivity index (χ1v) is 8.93. The van der Waals surface area contributed by atoms with E-state index in [0.29, 0.717) is 11.7 Å². The van der Waals surface area contributed by atoms with Crippen molar-refractivity contribution in [3.63, 3.8) is 0 Å². The zero-order chi connectivity index (χ0) is 16.4. The number of nitrogens with zero attached hydrogens (tertiary/aromatic N) is 3. The number of benzene rings is 1. The van der Waals surface area contributed by atoms with E-state index in [4.69, 9.17) is 0 Å². The Bertz CT molecular complexity index is 684. The molecule has 4 rings (SSSR count). The Morgan fingerprint density at radius 2 is 1.83 bits per heavy atom. The van der Waals surface area contributed by atoms with Crippen molar-refractivity contribution < 1.29 is 4.79 Å². The lowest BCUT2D eigenvalue weighted by atomic mass is 10.0. The monoisotopic (exact) mass is 324 g/mol. The van der Waals surface area contributed by atoms with Gasteiger partial charge in [0.05, 0.1) is 5.69 Å². The summed E-state index contributed by atoms with van der Waals surface area (Å²) in [5.41, 5.74) is 1.50. The minimum atomic E-state index is 0.0466. The second-order valence-electron chi connectivity index (χ2n) is 6.90. The van der Waals surface area contributed by atoms with E-state index in [1.165, 1.54) is 12.8 Å². The Labute approximate surface area is 142 Å². The van der Waals surface area contributed by atoms with Crippen LogP contribution in [0.25, 0.3) is 5.69 Å². The van der Waals surface area contributed by atoms with E-state index >= 15 is 0 Å². The molecule has 0 atom stereocenters. The number of aromatic nitrogens is 2. The fourth-order valence-corrected chi connectivity index (χ4v) is 3.27. The van der Waals surface area contributed by atoms with Crippen LogP contribution in [-0.2, 0) is 0 Å². The number of hydrogen-bond donors (Lipinski definition) is 1. The summed E-state index contributed by atoms with van der Waals surface area (Å²) in [5, 5.41) is 8.10. The van der Waals surface area contributed by atoms with Crippen molar-refractivity contribution in [3.05, 3.63) is 48.3 Å². The molecule has 0 spiro atoms. The van der Waals surface area contributed by atoms with Crippen molar-refractivity contribution in [2.24, 2.45) is 5.92 Å². The molecule has 1 amide bonds. The van der Waals surface area contributed by atoms with Crippen molar-refractivity contribution in [1.82, 2.24) is 20.0 Å². The smallest absolute Gasteiger partial charge is 0.274 e. The highest BCUT2D eigenvalue weighted by molar-refractivity contribution is 5.92. The summed E-state index contributed by atoms with van der Waals surface area (Å²) in [6.45, 7) is 2.79. The van der Waals surface area contributed by atoms with E-state index in [1.807, 2.05) is 47.5 Å². The normalized spacial score (nSPS) is 18.8. The molecule has 1 aromatic heterocycles. The molecule has 1 aliphatic heterocycles. The molecular weight excluding hydrogens is 300 g/mol. The molecule has 0 radical (unpaired) electrons. The SMILES string of the molecule is O=C(c1ccn(-c2ccccc2)n1)N1CCC(NCC2CC2)CC1. The number of carbonyl (C=O) groups excluding carboxylic acids is 1. The second-order valence-corrected chi connectivity index (χ2v) is 6.90. The third-order valence-corrected chi connectivity index (χ3v) is 5.00.